The molecule has 0 unspecified atom stereocenters. The van der Waals surface area contributed by atoms with Crippen molar-refractivity contribution in [3.8, 4) is 0 Å². The van der Waals surface area contributed by atoms with E-state index in [-0.39, 0.29) is 5.97 Å². The van der Waals surface area contributed by atoms with Gasteiger partial charge in [0, 0.05) is 11.6 Å². The van der Waals surface area contributed by atoms with Gasteiger partial charge >= 0.3 is 5.97 Å². The van der Waals surface area contributed by atoms with Crippen LogP contribution in [-0.4, -0.2) is 22.5 Å². The van der Waals surface area contributed by atoms with Crippen molar-refractivity contribution in [1.29, 1.82) is 0 Å². The summed E-state index contributed by atoms with van der Waals surface area (Å²) in [6.45, 7) is 0. The normalized spacial score (nSPS) is 11.0. The zero-order valence-corrected chi connectivity index (χ0v) is 10.3. The van der Waals surface area contributed by atoms with Crippen molar-refractivity contribution in [3.05, 3.63) is 47.2 Å². The molecular weight excluding hydrogens is 252 g/mol. The first kappa shape index (κ1) is 11.0. The molecule has 0 aliphatic rings. The van der Waals surface area contributed by atoms with E-state index in [0.717, 1.165) is 10.9 Å². The van der Waals surface area contributed by atoms with E-state index in [1.54, 1.807) is 12.3 Å². The van der Waals surface area contributed by atoms with Crippen molar-refractivity contribution >= 4 is 34.1 Å². The highest BCUT2D eigenvalue weighted by atomic mass is 35.5. The summed E-state index contributed by atoms with van der Waals surface area (Å²) < 4.78 is 6.52. The highest BCUT2D eigenvalue weighted by Crippen LogP contribution is 2.24. The van der Waals surface area contributed by atoms with E-state index in [1.165, 1.54) is 7.11 Å². The predicted molar refractivity (Wildman–Crippen MR) is 69.0 cm³/mol. The Labute approximate surface area is 108 Å². The lowest BCUT2D eigenvalue weighted by molar-refractivity contribution is 0.0601. The average molecular weight is 261 g/mol. The summed E-state index contributed by atoms with van der Waals surface area (Å²) in [5.41, 5.74) is 1.99. The minimum absolute atomic E-state index is 0.388. The molecule has 0 atom stereocenters. The second kappa shape index (κ2) is 3.99. The van der Waals surface area contributed by atoms with Crippen molar-refractivity contribution < 1.29 is 9.53 Å². The molecule has 3 aromatic rings. The molecule has 2 aromatic heterocycles. The van der Waals surface area contributed by atoms with Crippen LogP contribution in [0, 0.1) is 0 Å². The molecule has 18 heavy (non-hydrogen) atoms. The molecule has 5 heteroatoms. The minimum Gasteiger partial charge on any atom is -0.465 e. The van der Waals surface area contributed by atoms with Gasteiger partial charge in [-0.3, -0.25) is 0 Å². The fraction of sp³-hybridized carbons (Fsp3) is 0.0769. The maximum Gasteiger partial charge on any atom is 0.339 e. The second-order valence-electron chi connectivity index (χ2n) is 3.87. The number of benzene rings is 1. The zero-order valence-electron chi connectivity index (χ0n) is 9.55. The lowest BCUT2D eigenvalue weighted by atomic mass is 10.2. The molecule has 0 saturated heterocycles. The lowest BCUT2D eigenvalue weighted by Gasteiger charge is -2.03. The number of esters is 1. The Morgan fingerprint density at radius 2 is 2.17 bits per heavy atom. The van der Waals surface area contributed by atoms with Gasteiger partial charge in [0.15, 0.2) is 0 Å². The van der Waals surface area contributed by atoms with Crippen LogP contribution < -0.4 is 0 Å². The van der Waals surface area contributed by atoms with Crippen molar-refractivity contribution in [2.45, 2.75) is 0 Å². The molecule has 0 bridgehead atoms. The van der Waals surface area contributed by atoms with Crippen molar-refractivity contribution in [2.75, 3.05) is 7.11 Å². The first-order chi connectivity index (χ1) is 8.70. The quantitative estimate of drug-likeness (QED) is 0.499. The van der Waals surface area contributed by atoms with Gasteiger partial charge in [0.1, 0.15) is 10.8 Å². The number of halogens is 1. The van der Waals surface area contributed by atoms with E-state index >= 15 is 0 Å². The molecule has 0 saturated carbocycles. The number of fused-ring (bicyclic) bond motifs is 3. The smallest absolute Gasteiger partial charge is 0.339 e. The molecule has 90 valence electrons. The molecule has 0 radical (unpaired) electrons. The number of aromatic nitrogens is 2. The van der Waals surface area contributed by atoms with Crippen LogP contribution >= 0.6 is 11.6 Å². The maximum absolute atomic E-state index is 11.5. The number of para-hydroxylation sites is 1. The molecular formula is C13H9ClN2O2. The molecule has 0 amide bonds. The Kier molecular flexibility index (Phi) is 2.45. The van der Waals surface area contributed by atoms with Gasteiger partial charge in [-0.05, 0) is 18.2 Å². The highest BCUT2D eigenvalue weighted by Gasteiger charge is 2.12. The van der Waals surface area contributed by atoms with Gasteiger partial charge < -0.3 is 9.14 Å². The van der Waals surface area contributed by atoms with Crippen LogP contribution in [0.5, 0.6) is 0 Å². The number of nitrogens with zero attached hydrogens (tertiary/aromatic N) is 2. The maximum atomic E-state index is 11.5. The van der Waals surface area contributed by atoms with Crippen LogP contribution in [0.25, 0.3) is 16.6 Å². The Morgan fingerprint density at radius 3 is 2.94 bits per heavy atom. The second-order valence-corrected chi connectivity index (χ2v) is 4.23. The minimum atomic E-state index is -0.388. The summed E-state index contributed by atoms with van der Waals surface area (Å²) in [6, 6.07) is 9.28. The zero-order chi connectivity index (χ0) is 12.7. The van der Waals surface area contributed by atoms with Crippen LogP contribution in [-0.2, 0) is 4.74 Å². The van der Waals surface area contributed by atoms with Gasteiger partial charge in [0.05, 0.1) is 18.2 Å². The van der Waals surface area contributed by atoms with Gasteiger partial charge in [-0.2, -0.15) is 0 Å². The lowest BCUT2D eigenvalue weighted by Crippen LogP contribution is -1.98. The largest absolute Gasteiger partial charge is 0.465 e. The van der Waals surface area contributed by atoms with Crippen LogP contribution in [0.3, 0.4) is 0 Å². The Balaban J connectivity index is 2.40. The van der Waals surface area contributed by atoms with Gasteiger partial charge in [0.2, 0.25) is 0 Å². The van der Waals surface area contributed by atoms with Crippen molar-refractivity contribution in [2.24, 2.45) is 0 Å². The number of carbonyl (C=O) groups is 1. The Hall–Kier alpha value is -2.07. The fourth-order valence-corrected chi connectivity index (χ4v) is 2.23. The topological polar surface area (TPSA) is 43.6 Å². The first-order valence-corrected chi connectivity index (χ1v) is 5.73. The highest BCUT2D eigenvalue weighted by molar-refractivity contribution is 6.34. The summed E-state index contributed by atoms with van der Waals surface area (Å²) in [6.07, 6.45) is 1.70. The Morgan fingerprint density at radius 1 is 1.39 bits per heavy atom. The standard InChI is InChI=1S/C13H9ClN2O2/c1-18-13(17)8-6-11-15-12(14)9-4-2-3-5-10(9)16(11)7-8/h2-7H,1H3. The molecule has 1 aromatic carbocycles. The number of methoxy groups -OCH3 is 1. The van der Waals surface area contributed by atoms with Gasteiger partial charge in [-0.25, -0.2) is 9.78 Å². The number of hydrogen-bond donors (Lipinski definition) is 0. The van der Waals surface area contributed by atoms with Gasteiger partial charge in [-0.15, -0.1) is 0 Å². The first-order valence-electron chi connectivity index (χ1n) is 5.35. The van der Waals surface area contributed by atoms with Crippen molar-refractivity contribution in [1.82, 2.24) is 9.38 Å². The predicted octanol–water partition coefficient (Wildman–Crippen LogP) is 2.93. The van der Waals surface area contributed by atoms with E-state index < -0.39 is 0 Å². The molecule has 0 aliphatic heterocycles. The van der Waals surface area contributed by atoms with E-state index in [4.69, 9.17) is 16.3 Å². The number of carbonyl (C=O) groups excluding carboxylic acids is 1. The van der Waals surface area contributed by atoms with Crippen molar-refractivity contribution in [3.63, 3.8) is 0 Å². The van der Waals surface area contributed by atoms with Gasteiger partial charge in [0.25, 0.3) is 0 Å². The number of rotatable bonds is 1. The summed E-state index contributed by atoms with van der Waals surface area (Å²) in [4.78, 5) is 15.8. The van der Waals surface area contributed by atoms with E-state index in [2.05, 4.69) is 4.98 Å². The molecule has 0 spiro atoms. The van der Waals surface area contributed by atoms with Crippen LogP contribution in [0.1, 0.15) is 10.4 Å². The number of ether oxygens (including phenoxy) is 1. The fourth-order valence-electron chi connectivity index (χ4n) is 1.98. The monoisotopic (exact) mass is 260 g/mol. The van der Waals surface area contributed by atoms with Gasteiger partial charge in [-0.1, -0.05) is 23.7 Å². The molecule has 3 rings (SSSR count). The van der Waals surface area contributed by atoms with Crippen LogP contribution in [0.2, 0.25) is 5.15 Å². The molecule has 0 N–H and O–H groups in total. The number of hydrogen-bond acceptors (Lipinski definition) is 3. The molecule has 0 fully saturated rings. The van der Waals surface area contributed by atoms with Crippen LogP contribution in [0.4, 0.5) is 0 Å². The molecule has 4 nitrogen and oxygen atoms in total. The summed E-state index contributed by atoms with van der Waals surface area (Å²) in [5.74, 6) is -0.388. The third-order valence-corrected chi connectivity index (χ3v) is 3.11. The Bertz CT molecular complexity index is 764. The van der Waals surface area contributed by atoms with E-state index in [9.17, 15) is 4.79 Å². The van der Waals surface area contributed by atoms with E-state index in [1.807, 2.05) is 28.7 Å². The summed E-state index contributed by atoms with van der Waals surface area (Å²) >= 11 is 6.12. The van der Waals surface area contributed by atoms with E-state index in [0.29, 0.717) is 16.4 Å². The van der Waals surface area contributed by atoms with Crippen LogP contribution in [0.15, 0.2) is 36.5 Å². The summed E-state index contributed by atoms with van der Waals surface area (Å²) in [5, 5.41) is 1.27. The molecule has 0 aliphatic carbocycles. The SMILES string of the molecule is COC(=O)c1cc2nc(Cl)c3ccccc3n2c1. The summed E-state index contributed by atoms with van der Waals surface area (Å²) in [7, 11) is 1.35. The average Bonchev–Trinajstić information content (AvgIpc) is 2.82. The third-order valence-electron chi connectivity index (χ3n) is 2.82. The third kappa shape index (κ3) is 1.54. The molecule has 2 heterocycles.